The number of hydrogen-bond acceptors (Lipinski definition) is 6. The van der Waals surface area contributed by atoms with Crippen molar-refractivity contribution in [3.05, 3.63) is 48.0 Å². The molecule has 0 aliphatic rings. The topological polar surface area (TPSA) is 103 Å². The van der Waals surface area contributed by atoms with Crippen LogP contribution in [0.4, 0.5) is 11.4 Å². The van der Waals surface area contributed by atoms with Crippen LogP contribution in [0, 0.1) is 5.92 Å². The van der Waals surface area contributed by atoms with Gasteiger partial charge >= 0.3 is 5.97 Å². The van der Waals surface area contributed by atoms with Gasteiger partial charge in [-0.15, -0.1) is 0 Å². The lowest BCUT2D eigenvalue weighted by atomic mass is 9.97. The Kier molecular flexibility index (Phi) is 17.6. The van der Waals surface area contributed by atoms with Crippen molar-refractivity contribution in [1.29, 1.82) is 0 Å². The highest BCUT2D eigenvalue weighted by Crippen LogP contribution is 2.32. The Morgan fingerprint density at radius 1 is 0.674 bits per heavy atom. The van der Waals surface area contributed by atoms with Gasteiger partial charge in [-0.3, -0.25) is 14.4 Å². The number of amides is 2. The fourth-order valence-corrected chi connectivity index (χ4v) is 5.15. The number of carbonyl (C=O) groups excluding carboxylic acids is 3. The van der Waals surface area contributed by atoms with Crippen LogP contribution in [-0.4, -0.2) is 39.1 Å². The number of rotatable bonds is 22. The predicted molar refractivity (Wildman–Crippen MR) is 173 cm³/mol. The molecule has 1 atom stereocenters. The van der Waals surface area contributed by atoms with E-state index < -0.39 is 17.8 Å². The molecule has 0 fully saturated rings. The van der Waals surface area contributed by atoms with Crippen molar-refractivity contribution in [2.45, 2.75) is 103 Å². The number of anilines is 2. The summed E-state index contributed by atoms with van der Waals surface area (Å²) in [5.74, 6) is -1.29. The molecular weight excluding hydrogens is 544 g/mol. The number of nitrogens with one attached hydrogen (secondary N) is 2. The molecule has 0 aliphatic carbocycles. The standard InChI is InChI=1S/C35H52N2O6/c1-5-6-7-8-9-10-11-12-13-14-15-16-17-21-32(38)36-28-22-24-29(25-23-28)37-34(39)30(35(40)43-4)26-27-19-18-20-31(41-2)33(27)42-3/h18-20,22-25,30H,5-17,21,26H2,1-4H3,(H,36,38)(H,37,39). The average Bonchev–Trinajstić information content (AvgIpc) is 3.02. The van der Waals surface area contributed by atoms with Crippen molar-refractivity contribution in [1.82, 2.24) is 0 Å². The molecule has 2 aromatic carbocycles. The number of esters is 1. The van der Waals surface area contributed by atoms with Crippen LogP contribution in [0.25, 0.3) is 0 Å². The molecule has 0 saturated carbocycles. The van der Waals surface area contributed by atoms with Gasteiger partial charge in [0.15, 0.2) is 11.5 Å². The van der Waals surface area contributed by atoms with E-state index in [4.69, 9.17) is 14.2 Å². The van der Waals surface area contributed by atoms with Crippen molar-refractivity contribution in [3.8, 4) is 11.5 Å². The van der Waals surface area contributed by atoms with Crippen molar-refractivity contribution in [3.63, 3.8) is 0 Å². The first-order valence-electron chi connectivity index (χ1n) is 15.9. The zero-order chi connectivity index (χ0) is 31.3. The summed E-state index contributed by atoms with van der Waals surface area (Å²) >= 11 is 0. The maximum absolute atomic E-state index is 13.1. The molecule has 0 bridgehead atoms. The molecule has 2 aromatic rings. The number of unbranched alkanes of at least 4 members (excludes halogenated alkanes) is 12. The summed E-state index contributed by atoms with van der Waals surface area (Å²) in [6, 6.07) is 12.1. The molecule has 2 rings (SSSR count). The second-order valence-electron chi connectivity index (χ2n) is 11.0. The fraction of sp³-hybridized carbons (Fsp3) is 0.571. The molecule has 1 unspecified atom stereocenters. The number of carbonyl (C=O) groups is 3. The Labute approximate surface area is 258 Å². The SMILES string of the molecule is CCCCCCCCCCCCCCCC(=O)Nc1ccc(NC(=O)C(Cc2cccc(OC)c2OC)C(=O)OC)cc1. The summed E-state index contributed by atoms with van der Waals surface area (Å²) in [6.45, 7) is 2.26. The van der Waals surface area contributed by atoms with Crippen molar-refractivity contribution >= 4 is 29.2 Å². The van der Waals surface area contributed by atoms with Crippen LogP contribution < -0.4 is 20.1 Å². The molecule has 43 heavy (non-hydrogen) atoms. The highest BCUT2D eigenvalue weighted by molar-refractivity contribution is 6.05. The maximum atomic E-state index is 13.1. The minimum Gasteiger partial charge on any atom is -0.493 e. The molecule has 0 heterocycles. The van der Waals surface area contributed by atoms with E-state index in [0.717, 1.165) is 12.8 Å². The zero-order valence-corrected chi connectivity index (χ0v) is 26.7. The zero-order valence-electron chi connectivity index (χ0n) is 26.7. The number of benzene rings is 2. The third-order valence-corrected chi connectivity index (χ3v) is 7.65. The van der Waals surface area contributed by atoms with Gasteiger partial charge in [0.05, 0.1) is 21.3 Å². The van der Waals surface area contributed by atoms with Crippen LogP contribution in [0.5, 0.6) is 11.5 Å². The molecule has 0 spiro atoms. The van der Waals surface area contributed by atoms with Crippen LogP contribution in [-0.2, 0) is 25.5 Å². The van der Waals surface area contributed by atoms with E-state index in [0.29, 0.717) is 34.9 Å². The van der Waals surface area contributed by atoms with Crippen LogP contribution in [0.2, 0.25) is 0 Å². The minimum atomic E-state index is -1.09. The molecule has 0 radical (unpaired) electrons. The summed E-state index contributed by atoms with van der Waals surface area (Å²) in [5.41, 5.74) is 1.81. The Morgan fingerprint density at radius 2 is 1.21 bits per heavy atom. The first-order valence-corrected chi connectivity index (χ1v) is 15.9. The van der Waals surface area contributed by atoms with Gasteiger partial charge in [-0.1, -0.05) is 96.1 Å². The lowest BCUT2D eigenvalue weighted by Crippen LogP contribution is -2.32. The lowest BCUT2D eigenvalue weighted by Gasteiger charge is -2.18. The molecule has 2 N–H and O–H groups in total. The third-order valence-electron chi connectivity index (χ3n) is 7.65. The van der Waals surface area contributed by atoms with Gasteiger partial charge < -0.3 is 24.8 Å². The summed E-state index contributed by atoms with van der Waals surface area (Å²) < 4.78 is 15.7. The summed E-state index contributed by atoms with van der Waals surface area (Å²) in [7, 11) is 4.29. The van der Waals surface area contributed by atoms with Crippen LogP contribution in [0.3, 0.4) is 0 Å². The molecule has 0 aliphatic heterocycles. The first kappa shape index (κ1) is 35.6. The Bertz CT molecular complexity index is 1100. The predicted octanol–water partition coefficient (Wildman–Crippen LogP) is 8.09. The van der Waals surface area contributed by atoms with E-state index in [-0.39, 0.29) is 12.3 Å². The van der Waals surface area contributed by atoms with Gasteiger partial charge in [0.2, 0.25) is 11.8 Å². The van der Waals surface area contributed by atoms with E-state index in [1.165, 1.54) is 92.0 Å². The molecule has 8 heteroatoms. The van der Waals surface area contributed by atoms with Crippen LogP contribution >= 0.6 is 0 Å². The average molecular weight is 597 g/mol. The largest absolute Gasteiger partial charge is 0.493 e. The van der Waals surface area contributed by atoms with Gasteiger partial charge in [0.1, 0.15) is 5.92 Å². The Hall–Kier alpha value is -3.55. The third kappa shape index (κ3) is 13.5. The molecule has 2 amide bonds. The maximum Gasteiger partial charge on any atom is 0.318 e. The second-order valence-corrected chi connectivity index (χ2v) is 11.0. The van der Waals surface area contributed by atoms with Gasteiger partial charge in [-0.05, 0) is 48.7 Å². The number of ether oxygens (including phenoxy) is 3. The summed E-state index contributed by atoms with van der Waals surface area (Å²) in [5, 5.41) is 5.70. The minimum absolute atomic E-state index is 0.0159. The van der Waals surface area contributed by atoms with Crippen molar-refractivity contribution < 1.29 is 28.6 Å². The van der Waals surface area contributed by atoms with Gasteiger partial charge in [-0.25, -0.2) is 0 Å². The van der Waals surface area contributed by atoms with E-state index in [2.05, 4.69) is 17.6 Å². The monoisotopic (exact) mass is 596 g/mol. The number of hydrogen-bond donors (Lipinski definition) is 2. The van der Waals surface area contributed by atoms with Crippen molar-refractivity contribution in [2.24, 2.45) is 5.92 Å². The van der Waals surface area contributed by atoms with Crippen LogP contribution in [0.1, 0.15) is 102 Å². The van der Waals surface area contributed by atoms with Gasteiger partial charge in [0.25, 0.3) is 0 Å². The van der Waals surface area contributed by atoms with E-state index in [1.54, 1.807) is 42.5 Å². The van der Waals surface area contributed by atoms with E-state index >= 15 is 0 Å². The number of methoxy groups -OCH3 is 3. The quantitative estimate of drug-likeness (QED) is 0.0809. The van der Waals surface area contributed by atoms with Gasteiger partial charge in [-0.2, -0.15) is 0 Å². The van der Waals surface area contributed by atoms with Crippen molar-refractivity contribution in [2.75, 3.05) is 32.0 Å². The summed E-state index contributed by atoms with van der Waals surface area (Å²) in [6.07, 6.45) is 17.1. The second kappa shape index (κ2) is 21.2. The van der Waals surface area contributed by atoms with Crippen LogP contribution in [0.15, 0.2) is 42.5 Å². The lowest BCUT2D eigenvalue weighted by molar-refractivity contribution is -0.148. The van der Waals surface area contributed by atoms with E-state index in [1.807, 2.05) is 0 Å². The first-order chi connectivity index (χ1) is 20.9. The Balaban J connectivity index is 1.72. The highest BCUT2D eigenvalue weighted by atomic mass is 16.5. The fourth-order valence-electron chi connectivity index (χ4n) is 5.15. The normalized spacial score (nSPS) is 11.4. The molecular formula is C35H52N2O6. The Morgan fingerprint density at radius 3 is 1.72 bits per heavy atom. The molecule has 238 valence electrons. The molecule has 0 aromatic heterocycles. The van der Waals surface area contributed by atoms with E-state index in [9.17, 15) is 14.4 Å². The number of para-hydroxylation sites is 1. The summed E-state index contributed by atoms with van der Waals surface area (Å²) in [4.78, 5) is 38.0. The highest BCUT2D eigenvalue weighted by Gasteiger charge is 2.30. The smallest absolute Gasteiger partial charge is 0.318 e. The molecule has 8 nitrogen and oxygen atoms in total. The van der Waals surface area contributed by atoms with Gasteiger partial charge in [0, 0.05) is 17.8 Å². The molecule has 0 saturated heterocycles.